The molecule has 0 aliphatic rings. The molecule has 1 heterocycles. The molecule has 0 aliphatic carbocycles. The van der Waals surface area contributed by atoms with Crippen LogP contribution in [0.3, 0.4) is 0 Å². The van der Waals surface area contributed by atoms with Crippen LogP contribution >= 0.6 is 0 Å². The highest BCUT2D eigenvalue weighted by Crippen LogP contribution is 2.33. The maximum Gasteiger partial charge on any atom is 0.277 e. The van der Waals surface area contributed by atoms with Crippen molar-refractivity contribution in [2.45, 2.75) is 6.92 Å². The minimum absolute atomic E-state index is 0.112. The van der Waals surface area contributed by atoms with E-state index in [0.29, 0.717) is 16.6 Å². The Morgan fingerprint density at radius 1 is 1.17 bits per heavy atom. The van der Waals surface area contributed by atoms with Crippen molar-refractivity contribution in [2.24, 2.45) is 4.99 Å². The molecular formula is C17H12N3O3-. The van der Waals surface area contributed by atoms with Gasteiger partial charge in [0.25, 0.3) is 5.69 Å². The van der Waals surface area contributed by atoms with E-state index in [1.165, 1.54) is 12.3 Å². The fraction of sp³-hybridized carbons (Fsp3) is 0.0588. The van der Waals surface area contributed by atoms with Crippen LogP contribution in [0.15, 0.2) is 53.7 Å². The SMILES string of the molecule is Cc1ccc(N=Cc2cc([N+](=O)[O-])c3ccccc3c2[O-])nc1. The van der Waals surface area contributed by atoms with E-state index in [4.69, 9.17) is 0 Å². The lowest BCUT2D eigenvalue weighted by Crippen LogP contribution is -2.00. The first-order valence-electron chi connectivity index (χ1n) is 6.90. The van der Waals surface area contributed by atoms with Gasteiger partial charge in [0.1, 0.15) is 0 Å². The number of nitro benzene ring substituents is 1. The molecule has 0 atom stereocenters. The van der Waals surface area contributed by atoms with Crippen LogP contribution in [0.4, 0.5) is 11.5 Å². The highest BCUT2D eigenvalue weighted by molar-refractivity contribution is 6.02. The lowest BCUT2D eigenvalue weighted by atomic mass is 10.0. The fourth-order valence-corrected chi connectivity index (χ4v) is 2.27. The number of benzene rings is 2. The number of rotatable bonds is 3. The predicted molar refractivity (Wildman–Crippen MR) is 86.3 cm³/mol. The Balaban J connectivity index is 2.12. The second kappa shape index (κ2) is 5.84. The topological polar surface area (TPSA) is 91.5 Å². The van der Waals surface area contributed by atoms with Crippen molar-refractivity contribution in [1.82, 2.24) is 4.98 Å². The zero-order valence-corrected chi connectivity index (χ0v) is 12.3. The normalized spacial score (nSPS) is 11.2. The van der Waals surface area contributed by atoms with Gasteiger partial charge in [-0.1, -0.05) is 30.0 Å². The number of aryl methyl sites for hydroxylation is 1. The van der Waals surface area contributed by atoms with Crippen molar-refractivity contribution < 1.29 is 10.0 Å². The summed E-state index contributed by atoms with van der Waals surface area (Å²) in [5.41, 5.74) is 1.05. The van der Waals surface area contributed by atoms with Crippen LogP contribution in [0.25, 0.3) is 10.8 Å². The highest BCUT2D eigenvalue weighted by Gasteiger charge is 2.14. The van der Waals surface area contributed by atoms with Crippen LogP contribution in [0.1, 0.15) is 11.1 Å². The second-order valence-electron chi connectivity index (χ2n) is 5.07. The van der Waals surface area contributed by atoms with E-state index in [1.54, 1.807) is 36.5 Å². The van der Waals surface area contributed by atoms with Crippen LogP contribution < -0.4 is 5.11 Å². The number of pyridine rings is 1. The van der Waals surface area contributed by atoms with E-state index in [1.807, 2.05) is 13.0 Å². The summed E-state index contributed by atoms with van der Waals surface area (Å²) in [7, 11) is 0. The number of nitrogens with zero attached hydrogens (tertiary/aromatic N) is 3. The Morgan fingerprint density at radius 3 is 2.57 bits per heavy atom. The monoisotopic (exact) mass is 306 g/mol. The molecule has 0 aliphatic heterocycles. The van der Waals surface area contributed by atoms with E-state index in [0.717, 1.165) is 5.56 Å². The third kappa shape index (κ3) is 2.87. The molecule has 0 saturated heterocycles. The van der Waals surface area contributed by atoms with E-state index in [-0.39, 0.29) is 17.0 Å². The molecule has 3 rings (SSSR count). The predicted octanol–water partition coefficient (Wildman–Crippen LogP) is 3.28. The molecule has 6 heteroatoms. The number of fused-ring (bicyclic) bond motifs is 1. The van der Waals surface area contributed by atoms with Gasteiger partial charge in [0.05, 0.1) is 10.3 Å². The summed E-state index contributed by atoms with van der Waals surface area (Å²) in [6.45, 7) is 1.91. The summed E-state index contributed by atoms with van der Waals surface area (Å²) < 4.78 is 0. The molecule has 2 aromatic carbocycles. The second-order valence-corrected chi connectivity index (χ2v) is 5.07. The summed E-state index contributed by atoms with van der Waals surface area (Å²) in [6.07, 6.45) is 2.98. The first-order chi connectivity index (χ1) is 11.1. The van der Waals surface area contributed by atoms with Crippen LogP contribution in [0.5, 0.6) is 5.75 Å². The van der Waals surface area contributed by atoms with Crippen LogP contribution in [0.2, 0.25) is 0 Å². The van der Waals surface area contributed by atoms with Crippen molar-refractivity contribution in [2.75, 3.05) is 0 Å². The zero-order valence-electron chi connectivity index (χ0n) is 12.3. The highest BCUT2D eigenvalue weighted by atomic mass is 16.6. The lowest BCUT2D eigenvalue weighted by Gasteiger charge is -2.14. The quantitative estimate of drug-likeness (QED) is 0.422. The van der Waals surface area contributed by atoms with E-state index in [2.05, 4.69) is 9.98 Å². The number of nitro groups is 1. The van der Waals surface area contributed by atoms with Gasteiger partial charge in [-0.2, -0.15) is 0 Å². The molecule has 0 bridgehead atoms. The van der Waals surface area contributed by atoms with Crippen LogP contribution in [0, 0.1) is 17.0 Å². The van der Waals surface area contributed by atoms with Gasteiger partial charge in [0.2, 0.25) is 0 Å². The van der Waals surface area contributed by atoms with Gasteiger partial charge < -0.3 is 5.11 Å². The summed E-state index contributed by atoms with van der Waals surface area (Å²) in [5, 5.41) is 24.3. The summed E-state index contributed by atoms with van der Waals surface area (Å²) in [5.74, 6) is 0.146. The van der Waals surface area contributed by atoms with Crippen LogP contribution in [-0.4, -0.2) is 16.1 Å². The minimum Gasteiger partial charge on any atom is -0.872 e. The first-order valence-corrected chi connectivity index (χ1v) is 6.90. The molecule has 0 saturated carbocycles. The number of non-ortho nitro benzene ring substituents is 1. The van der Waals surface area contributed by atoms with Gasteiger partial charge in [-0.15, -0.1) is 0 Å². The van der Waals surface area contributed by atoms with Crippen molar-refractivity contribution in [3.05, 3.63) is 69.9 Å². The Bertz CT molecular complexity index is 918. The lowest BCUT2D eigenvalue weighted by molar-refractivity contribution is -0.383. The van der Waals surface area contributed by atoms with E-state index in [9.17, 15) is 15.2 Å². The molecule has 3 aromatic rings. The molecule has 1 aromatic heterocycles. The Morgan fingerprint density at radius 2 is 1.91 bits per heavy atom. The zero-order chi connectivity index (χ0) is 16.4. The third-order valence-electron chi connectivity index (χ3n) is 3.43. The van der Waals surface area contributed by atoms with Gasteiger partial charge in [-0.05, 0) is 35.6 Å². The first kappa shape index (κ1) is 14.6. The molecule has 0 unspecified atom stereocenters. The van der Waals surface area contributed by atoms with Gasteiger partial charge in [-0.3, -0.25) is 10.1 Å². The Hall–Kier alpha value is -3.28. The van der Waals surface area contributed by atoms with Crippen molar-refractivity contribution in [3.8, 4) is 5.75 Å². The summed E-state index contributed by atoms with van der Waals surface area (Å²) in [6, 6.07) is 11.3. The molecular weight excluding hydrogens is 294 g/mol. The molecule has 0 amide bonds. The molecule has 0 radical (unpaired) electrons. The molecule has 0 fully saturated rings. The standard InChI is InChI=1S/C17H13N3O3/c1-11-6-7-16(18-9-11)19-10-12-8-15(20(22)23)13-4-2-3-5-14(13)17(12)21/h2-10,21H,1H3/p-1. The molecule has 0 spiro atoms. The molecule has 6 nitrogen and oxygen atoms in total. The largest absolute Gasteiger partial charge is 0.872 e. The van der Waals surface area contributed by atoms with Gasteiger partial charge >= 0.3 is 0 Å². The van der Waals surface area contributed by atoms with Crippen molar-refractivity contribution in [1.29, 1.82) is 0 Å². The Kier molecular flexibility index (Phi) is 3.72. The van der Waals surface area contributed by atoms with Crippen molar-refractivity contribution >= 4 is 28.5 Å². The van der Waals surface area contributed by atoms with E-state index < -0.39 is 4.92 Å². The molecule has 0 N–H and O–H groups in total. The summed E-state index contributed by atoms with van der Waals surface area (Å²) >= 11 is 0. The minimum atomic E-state index is -0.497. The summed E-state index contributed by atoms with van der Waals surface area (Å²) in [4.78, 5) is 19.0. The number of hydrogen-bond donors (Lipinski definition) is 0. The maximum absolute atomic E-state index is 12.4. The van der Waals surface area contributed by atoms with Crippen molar-refractivity contribution in [3.63, 3.8) is 0 Å². The number of aromatic nitrogens is 1. The Labute approximate surface area is 131 Å². The smallest absolute Gasteiger partial charge is 0.277 e. The third-order valence-corrected chi connectivity index (χ3v) is 3.43. The van der Waals surface area contributed by atoms with Gasteiger partial charge in [0, 0.05) is 18.5 Å². The number of hydrogen-bond acceptors (Lipinski definition) is 5. The molecule has 114 valence electrons. The van der Waals surface area contributed by atoms with Gasteiger partial charge in [-0.25, -0.2) is 9.98 Å². The van der Waals surface area contributed by atoms with E-state index >= 15 is 0 Å². The average Bonchev–Trinajstić information content (AvgIpc) is 2.55. The molecule has 23 heavy (non-hydrogen) atoms. The number of aliphatic imine (C=N–C) groups is 1. The fourth-order valence-electron chi connectivity index (χ4n) is 2.27. The van der Waals surface area contributed by atoms with Crippen LogP contribution in [-0.2, 0) is 0 Å². The average molecular weight is 306 g/mol. The van der Waals surface area contributed by atoms with Gasteiger partial charge in [0.15, 0.2) is 5.82 Å². The maximum atomic E-state index is 12.4.